The van der Waals surface area contributed by atoms with Crippen LogP contribution in [0.4, 0.5) is 10.5 Å². The van der Waals surface area contributed by atoms with Gasteiger partial charge in [0.05, 0.1) is 0 Å². The lowest BCUT2D eigenvalue weighted by Crippen LogP contribution is -2.32. The number of phenolic OH excluding ortho intramolecular Hbond substituents is 1. The molecular formula is C19H21N7O3. The number of tetrazole rings is 1. The van der Waals surface area contributed by atoms with Crippen LogP contribution in [-0.4, -0.2) is 50.3 Å². The van der Waals surface area contributed by atoms with Gasteiger partial charge in [0.25, 0.3) is 5.91 Å². The number of carbonyl (C=O) groups is 2. The molecule has 1 heterocycles. The van der Waals surface area contributed by atoms with E-state index in [0.717, 1.165) is 5.56 Å². The van der Waals surface area contributed by atoms with Crippen molar-refractivity contribution >= 4 is 17.6 Å². The van der Waals surface area contributed by atoms with Gasteiger partial charge in [0.1, 0.15) is 5.75 Å². The normalized spacial score (nSPS) is 10.4. The van der Waals surface area contributed by atoms with E-state index >= 15 is 0 Å². The van der Waals surface area contributed by atoms with E-state index in [1.54, 1.807) is 42.1 Å². The van der Waals surface area contributed by atoms with Crippen LogP contribution >= 0.6 is 0 Å². The molecule has 10 heteroatoms. The fourth-order valence-electron chi connectivity index (χ4n) is 2.63. The molecule has 0 aliphatic carbocycles. The predicted octanol–water partition coefficient (Wildman–Crippen LogP) is 1.52. The molecule has 0 spiro atoms. The molecule has 3 rings (SSSR count). The molecule has 0 radical (unpaired) electrons. The summed E-state index contributed by atoms with van der Waals surface area (Å²) in [5.41, 5.74) is 1.78. The fraction of sp³-hybridized carbons (Fsp3) is 0.211. The van der Waals surface area contributed by atoms with E-state index in [4.69, 9.17) is 0 Å². The summed E-state index contributed by atoms with van der Waals surface area (Å²) in [5.74, 6) is 0.354. The van der Waals surface area contributed by atoms with E-state index in [2.05, 4.69) is 31.5 Å². The number of nitrogens with one attached hydrogen (secondary N) is 3. The van der Waals surface area contributed by atoms with Crippen LogP contribution in [0.2, 0.25) is 0 Å². The quantitative estimate of drug-likeness (QED) is 0.448. The Kier molecular flexibility index (Phi) is 6.36. The second-order valence-electron chi connectivity index (χ2n) is 6.25. The highest BCUT2D eigenvalue weighted by Gasteiger charge is 2.08. The van der Waals surface area contributed by atoms with Crippen molar-refractivity contribution in [3.63, 3.8) is 0 Å². The Balaban J connectivity index is 1.40. The molecule has 0 saturated carbocycles. The number of hydrogen-bond donors (Lipinski definition) is 4. The number of hydrogen-bond acceptors (Lipinski definition) is 6. The monoisotopic (exact) mass is 395 g/mol. The first kappa shape index (κ1) is 19.8. The number of phenols is 1. The number of rotatable bonds is 7. The molecule has 0 bridgehead atoms. The molecule has 10 nitrogen and oxygen atoms in total. The van der Waals surface area contributed by atoms with Gasteiger partial charge in [-0.05, 0) is 47.2 Å². The lowest BCUT2D eigenvalue weighted by atomic mass is 10.2. The van der Waals surface area contributed by atoms with E-state index in [1.807, 2.05) is 6.07 Å². The zero-order valence-electron chi connectivity index (χ0n) is 15.8. The standard InChI is InChI=1S/C19H21N7O3/c1-26-17(23-24-25-26)13-5-2-7-15(11-13)22-19(29)21-10-4-9-20-18(28)14-6-3-8-16(27)12-14/h2-3,5-8,11-12,27H,4,9-10H2,1H3,(H,20,28)(H2,21,22,29). The highest BCUT2D eigenvalue weighted by molar-refractivity contribution is 5.94. The van der Waals surface area contributed by atoms with Gasteiger partial charge in [-0.3, -0.25) is 4.79 Å². The highest BCUT2D eigenvalue weighted by atomic mass is 16.3. The van der Waals surface area contributed by atoms with Crippen molar-refractivity contribution in [1.82, 2.24) is 30.8 Å². The first-order valence-electron chi connectivity index (χ1n) is 8.98. The maximum Gasteiger partial charge on any atom is 0.319 e. The third kappa shape index (κ3) is 5.51. The van der Waals surface area contributed by atoms with Gasteiger partial charge < -0.3 is 21.1 Å². The smallest absolute Gasteiger partial charge is 0.319 e. The molecule has 0 saturated heterocycles. The zero-order valence-corrected chi connectivity index (χ0v) is 15.8. The summed E-state index contributed by atoms with van der Waals surface area (Å²) in [5, 5.41) is 28.9. The highest BCUT2D eigenvalue weighted by Crippen LogP contribution is 2.19. The molecule has 0 unspecified atom stereocenters. The van der Waals surface area contributed by atoms with Crippen molar-refractivity contribution in [3.8, 4) is 17.1 Å². The summed E-state index contributed by atoms with van der Waals surface area (Å²) < 4.78 is 1.55. The van der Waals surface area contributed by atoms with Crippen molar-refractivity contribution in [1.29, 1.82) is 0 Å². The van der Waals surface area contributed by atoms with E-state index in [0.29, 0.717) is 36.6 Å². The van der Waals surface area contributed by atoms with Gasteiger partial charge in [0.2, 0.25) is 0 Å². The van der Waals surface area contributed by atoms with Crippen LogP contribution in [0.5, 0.6) is 5.75 Å². The lowest BCUT2D eigenvalue weighted by Gasteiger charge is -2.09. The molecule has 3 amide bonds. The summed E-state index contributed by atoms with van der Waals surface area (Å²) in [6.45, 7) is 0.780. The predicted molar refractivity (Wildman–Crippen MR) is 106 cm³/mol. The summed E-state index contributed by atoms with van der Waals surface area (Å²) in [7, 11) is 1.74. The van der Waals surface area contributed by atoms with Crippen LogP contribution in [0.15, 0.2) is 48.5 Å². The minimum atomic E-state index is -0.349. The second-order valence-corrected chi connectivity index (χ2v) is 6.25. The van der Waals surface area contributed by atoms with Crippen LogP contribution in [0.3, 0.4) is 0 Å². The lowest BCUT2D eigenvalue weighted by molar-refractivity contribution is 0.0953. The van der Waals surface area contributed by atoms with Crippen molar-refractivity contribution in [2.24, 2.45) is 7.05 Å². The van der Waals surface area contributed by atoms with E-state index in [-0.39, 0.29) is 17.7 Å². The van der Waals surface area contributed by atoms with Gasteiger partial charge in [-0.2, -0.15) is 0 Å². The Hall–Kier alpha value is -3.95. The van der Waals surface area contributed by atoms with Crippen LogP contribution in [0, 0.1) is 0 Å². The molecule has 29 heavy (non-hydrogen) atoms. The average molecular weight is 395 g/mol. The Morgan fingerprint density at radius 1 is 1.07 bits per heavy atom. The SMILES string of the molecule is Cn1nnnc1-c1cccc(NC(=O)NCCCNC(=O)c2cccc(O)c2)c1. The molecule has 2 aromatic carbocycles. The number of aryl methyl sites for hydroxylation is 1. The van der Waals surface area contributed by atoms with Crippen molar-refractivity contribution in [3.05, 3.63) is 54.1 Å². The number of aromatic hydroxyl groups is 1. The molecule has 0 aliphatic heterocycles. The zero-order chi connectivity index (χ0) is 20.6. The van der Waals surface area contributed by atoms with Gasteiger partial charge in [-0.25, -0.2) is 9.48 Å². The average Bonchev–Trinajstić information content (AvgIpc) is 3.13. The third-order valence-electron chi connectivity index (χ3n) is 4.03. The van der Waals surface area contributed by atoms with Gasteiger partial charge in [0.15, 0.2) is 5.82 Å². The van der Waals surface area contributed by atoms with Crippen LogP contribution in [-0.2, 0) is 7.05 Å². The maximum absolute atomic E-state index is 12.1. The fourth-order valence-corrected chi connectivity index (χ4v) is 2.63. The van der Waals surface area contributed by atoms with Gasteiger partial charge in [0, 0.05) is 37.0 Å². The first-order chi connectivity index (χ1) is 14.0. The minimum Gasteiger partial charge on any atom is -0.508 e. The molecule has 0 fully saturated rings. The Morgan fingerprint density at radius 3 is 2.62 bits per heavy atom. The van der Waals surface area contributed by atoms with Crippen molar-refractivity contribution in [2.45, 2.75) is 6.42 Å². The van der Waals surface area contributed by atoms with Crippen molar-refractivity contribution in [2.75, 3.05) is 18.4 Å². The Morgan fingerprint density at radius 2 is 1.86 bits per heavy atom. The molecule has 150 valence electrons. The number of anilines is 1. The summed E-state index contributed by atoms with van der Waals surface area (Å²) in [6.07, 6.45) is 0.558. The van der Waals surface area contributed by atoms with E-state index in [1.165, 1.54) is 12.1 Å². The molecule has 1 aromatic heterocycles. The van der Waals surface area contributed by atoms with Crippen LogP contribution < -0.4 is 16.0 Å². The van der Waals surface area contributed by atoms with Crippen LogP contribution in [0.1, 0.15) is 16.8 Å². The number of amides is 3. The third-order valence-corrected chi connectivity index (χ3v) is 4.03. The van der Waals surface area contributed by atoms with Gasteiger partial charge in [-0.15, -0.1) is 5.10 Å². The van der Waals surface area contributed by atoms with Gasteiger partial charge in [-0.1, -0.05) is 18.2 Å². The molecular weight excluding hydrogens is 374 g/mol. The molecule has 4 N–H and O–H groups in total. The van der Waals surface area contributed by atoms with E-state index < -0.39 is 0 Å². The second kappa shape index (κ2) is 9.31. The summed E-state index contributed by atoms with van der Waals surface area (Å²) >= 11 is 0. The first-order valence-corrected chi connectivity index (χ1v) is 8.98. The number of urea groups is 1. The molecule has 0 atom stereocenters. The molecule has 3 aromatic rings. The number of aromatic nitrogens is 4. The number of benzene rings is 2. The maximum atomic E-state index is 12.1. The summed E-state index contributed by atoms with van der Waals surface area (Å²) in [6, 6.07) is 13.0. The number of nitrogens with zero attached hydrogens (tertiary/aromatic N) is 4. The number of carbonyl (C=O) groups excluding carboxylic acids is 2. The van der Waals surface area contributed by atoms with E-state index in [9.17, 15) is 14.7 Å². The minimum absolute atomic E-state index is 0.0375. The van der Waals surface area contributed by atoms with Crippen LogP contribution in [0.25, 0.3) is 11.4 Å². The Labute approximate surface area is 166 Å². The van der Waals surface area contributed by atoms with Crippen molar-refractivity contribution < 1.29 is 14.7 Å². The molecule has 0 aliphatic rings. The topological polar surface area (TPSA) is 134 Å². The van der Waals surface area contributed by atoms with Gasteiger partial charge >= 0.3 is 6.03 Å². The summed E-state index contributed by atoms with van der Waals surface area (Å²) in [4.78, 5) is 24.0. The largest absolute Gasteiger partial charge is 0.508 e. The Bertz CT molecular complexity index is 1000.